The van der Waals surface area contributed by atoms with E-state index in [0.29, 0.717) is 12.2 Å². The highest BCUT2D eigenvalue weighted by Gasteiger charge is 2.21. The summed E-state index contributed by atoms with van der Waals surface area (Å²) in [6, 6.07) is 2.18. The summed E-state index contributed by atoms with van der Waals surface area (Å²) in [5.74, 6) is 0. The van der Waals surface area contributed by atoms with E-state index < -0.39 is 0 Å². The number of halogens is 1. The fraction of sp³-hybridized carbons (Fsp3) is 0.692. The Balaban J connectivity index is 1.63. The van der Waals surface area contributed by atoms with E-state index >= 15 is 0 Å². The quantitative estimate of drug-likeness (QED) is 0.839. The average Bonchev–Trinajstić information content (AvgIpc) is 2.69. The van der Waals surface area contributed by atoms with Crippen LogP contribution in [0.4, 0.5) is 0 Å². The van der Waals surface area contributed by atoms with Crippen molar-refractivity contribution in [3.63, 3.8) is 0 Å². The molecule has 0 saturated carbocycles. The third kappa shape index (κ3) is 4.63. The lowest BCUT2D eigenvalue weighted by atomic mass is 10.2. The van der Waals surface area contributed by atoms with Crippen molar-refractivity contribution in [2.45, 2.75) is 32.6 Å². The normalized spacial score (nSPS) is 25.5. The fourth-order valence-corrected chi connectivity index (χ4v) is 3.78. The Labute approximate surface area is 122 Å². The maximum absolute atomic E-state index is 5.73. The molecule has 2 unspecified atom stereocenters. The molecule has 5 heteroatoms. The molecule has 1 aliphatic heterocycles. The first-order chi connectivity index (χ1) is 8.63. The Hall–Kier alpha value is 0.0600. The molecule has 0 radical (unpaired) electrons. The Morgan fingerprint density at radius 2 is 2.17 bits per heavy atom. The van der Waals surface area contributed by atoms with E-state index in [1.807, 2.05) is 0 Å². The molecule has 1 aromatic heterocycles. The summed E-state index contributed by atoms with van der Waals surface area (Å²) in [4.78, 5) is 3.86. The zero-order valence-corrected chi connectivity index (χ0v) is 13.4. The minimum absolute atomic E-state index is 0.363. The molecule has 2 heterocycles. The van der Waals surface area contributed by atoms with E-state index in [1.165, 1.54) is 9.35 Å². The van der Waals surface area contributed by atoms with Gasteiger partial charge in [-0.2, -0.15) is 0 Å². The first-order valence-corrected chi connectivity index (χ1v) is 8.12. The zero-order valence-electron chi connectivity index (χ0n) is 11.0. The molecular formula is C13H21BrN2OS. The largest absolute Gasteiger partial charge is 0.373 e. The molecule has 0 aliphatic carbocycles. The van der Waals surface area contributed by atoms with E-state index in [0.717, 1.165) is 32.7 Å². The summed E-state index contributed by atoms with van der Waals surface area (Å²) < 4.78 is 6.91. The highest BCUT2D eigenvalue weighted by Crippen LogP contribution is 2.19. The molecule has 0 aromatic carbocycles. The van der Waals surface area contributed by atoms with Crippen LogP contribution in [0.15, 0.2) is 15.9 Å². The number of rotatable bonds is 5. The molecule has 102 valence electrons. The molecule has 0 spiro atoms. The molecule has 18 heavy (non-hydrogen) atoms. The number of nitrogens with one attached hydrogen (secondary N) is 1. The minimum atomic E-state index is 0.363. The highest BCUT2D eigenvalue weighted by atomic mass is 79.9. The van der Waals surface area contributed by atoms with Crippen LogP contribution in [0.25, 0.3) is 0 Å². The molecule has 0 amide bonds. The van der Waals surface area contributed by atoms with Crippen molar-refractivity contribution in [3.05, 3.63) is 20.8 Å². The minimum Gasteiger partial charge on any atom is -0.373 e. The highest BCUT2D eigenvalue weighted by molar-refractivity contribution is 9.10. The van der Waals surface area contributed by atoms with E-state index in [2.05, 4.69) is 51.4 Å². The van der Waals surface area contributed by atoms with Gasteiger partial charge in [0.05, 0.1) is 12.2 Å². The van der Waals surface area contributed by atoms with Crippen LogP contribution in [-0.2, 0) is 11.3 Å². The topological polar surface area (TPSA) is 24.5 Å². The molecule has 1 fully saturated rings. The summed E-state index contributed by atoms with van der Waals surface area (Å²) >= 11 is 5.27. The average molecular weight is 333 g/mol. The Morgan fingerprint density at radius 1 is 1.44 bits per heavy atom. The molecule has 2 atom stereocenters. The smallest absolute Gasteiger partial charge is 0.0678 e. The van der Waals surface area contributed by atoms with E-state index in [4.69, 9.17) is 4.74 Å². The van der Waals surface area contributed by atoms with Crippen LogP contribution in [0.5, 0.6) is 0 Å². The van der Waals surface area contributed by atoms with Gasteiger partial charge in [0.1, 0.15) is 0 Å². The molecule has 1 aromatic rings. The van der Waals surface area contributed by atoms with Gasteiger partial charge in [0, 0.05) is 47.5 Å². The van der Waals surface area contributed by atoms with Crippen LogP contribution in [0.1, 0.15) is 18.7 Å². The molecular weight excluding hydrogens is 312 g/mol. The fourth-order valence-electron chi connectivity index (χ4n) is 2.36. The van der Waals surface area contributed by atoms with E-state index in [1.54, 1.807) is 11.3 Å². The first kappa shape index (κ1) is 14.5. The number of thiophene rings is 1. The summed E-state index contributed by atoms with van der Waals surface area (Å²) in [5, 5.41) is 5.63. The summed E-state index contributed by atoms with van der Waals surface area (Å²) in [6.07, 6.45) is 0.726. The predicted molar refractivity (Wildman–Crippen MR) is 80.2 cm³/mol. The van der Waals surface area contributed by atoms with Crippen LogP contribution < -0.4 is 5.32 Å². The van der Waals surface area contributed by atoms with Gasteiger partial charge in [-0.15, -0.1) is 11.3 Å². The van der Waals surface area contributed by atoms with Gasteiger partial charge in [-0.25, -0.2) is 0 Å². The molecule has 2 rings (SSSR count). The summed E-state index contributed by atoms with van der Waals surface area (Å²) in [7, 11) is 0. The van der Waals surface area contributed by atoms with Gasteiger partial charge in [0.2, 0.25) is 0 Å². The van der Waals surface area contributed by atoms with Crippen molar-refractivity contribution >= 4 is 27.3 Å². The molecule has 3 nitrogen and oxygen atoms in total. The monoisotopic (exact) mass is 332 g/mol. The summed E-state index contributed by atoms with van der Waals surface area (Å²) in [6.45, 7) is 9.51. The SMILES string of the molecule is CC1CN(CCNCc2cc(Br)cs2)CC(C)O1. The lowest BCUT2D eigenvalue weighted by Crippen LogP contribution is -2.47. The lowest BCUT2D eigenvalue weighted by molar-refractivity contribution is -0.0674. The van der Waals surface area contributed by atoms with Gasteiger partial charge in [0.15, 0.2) is 0 Å². The molecule has 0 bridgehead atoms. The standard InChI is InChI=1S/C13H21BrN2OS/c1-10-7-16(8-11(2)17-10)4-3-15-6-13-5-12(14)9-18-13/h5,9-11,15H,3-4,6-8H2,1-2H3. The van der Waals surface area contributed by atoms with Crippen molar-refractivity contribution < 1.29 is 4.74 Å². The number of hydrogen-bond acceptors (Lipinski definition) is 4. The Morgan fingerprint density at radius 3 is 2.78 bits per heavy atom. The van der Waals surface area contributed by atoms with Crippen LogP contribution in [0, 0.1) is 0 Å². The molecule has 1 N–H and O–H groups in total. The second-order valence-electron chi connectivity index (χ2n) is 4.92. The summed E-state index contributed by atoms with van der Waals surface area (Å²) in [5.41, 5.74) is 0. The van der Waals surface area contributed by atoms with Gasteiger partial charge in [0.25, 0.3) is 0 Å². The van der Waals surface area contributed by atoms with E-state index in [9.17, 15) is 0 Å². The second kappa shape index (κ2) is 7.01. The second-order valence-corrected chi connectivity index (χ2v) is 6.84. The van der Waals surface area contributed by atoms with Crippen molar-refractivity contribution in [1.82, 2.24) is 10.2 Å². The van der Waals surface area contributed by atoms with Crippen molar-refractivity contribution in [2.75, 3.05) is 26.2 Å². The van der Waals surface area contributed by atoms with Gasteiger partial charge in [-0.3, -0.25) is 4.90 Å². The van der Waals surface area contributed by atoms with Crippen molar-refractivity contribution in [3.8, 4) is 0 Å². The Bertz CT molecular complexity index is 362. The van der Waals surface area contributed by atoms with Crippen molar-refractivity contribution in [1.29, 1.82) is 0 Å². The number of ether oxygens (including phenoxy) is 1. The maximum atomic E-state index is 5.73. The zero-order chi connectivity index (χ0) is 13.0. The molecule has 1 saturated heterocycles. The molecule has 1 aliphatic rings. The Kier molecular flexibility index (Phi) is 5.63. The van der Waals surface area contributed by atoms with Crippen LogP contribution in [0.2, 0.25) is 0 Å². The number of nitrogens with zero attached hydrogens (tertiary/aromatic N) is 1. The number of morpholine rings is 1. The maximum Gasteiger partial charge on any atom is 0.0678 e. The number of hydrogen-bond donors (Lipinski definition) is 1. The predicted octanol–water partition coefficient (Wildman–Crippen LogP) is 2.71. The van der Waals surface area contributed by atoms with Gasteiger partial charge < -0.3 is 10.1 Å². The van der Waals surface area contributed by atoms with Crippen molar-refractivity contribution in [2.24, 2.45) is 0 Å². The van der Waals surface area contributed by atoms with Crippen LogP contribution in [-0.4, -0.2) is 43.3 Å². The van der Waals surface area contributed by atoms with Gasteiger partial charge in [-0.05, 0) is 35.8 Å². The van der Waals surface area contributed by atoms with E-state index in [-0.39, 0.29) is 0 Å². The van der Waals surface area contributed by atoms with Gasteiger partial charge >= 0.3 is 0 Å². The lowest BCUT2D eigenvalue weighted by Gasteiger charge is -2.35. The third-order valence-corrected chi connectivity index (χ3v) is 4.72. The third-order valence-electron chi connectivity index (χ3n) is 3.02. The van der Waals surface area contributed by atoms with Crippen LogP contribution in [0.3, 0.4) is 0 Å². The van der Waals surface area contributed by atoms with Gasteiger partial charge in [-0.1, -0.05) is 0 Å². The van der Waals surface area contributed by atoms with Crippen LogP contribution >= 0.6 is 27.3 Å². The first-order valence-electron chi connectivity index (χ1n) is 6.45.